The molecule has 0 saturated heterocycles. The molecule has 0 aliphatic carbocycles. The van der Waals surface area contributed by atoms with Gasteiger partial charge in [0.05, 0.1) is 0 Å². The van der Waals surface area contributed by atoms with Crippen LogP contribution in [0.15, 0.2) is 34.9 Å². The summed E-state index contributed by atoms with van der Waals surface area (Å²) < 4.78 is 15.5. The fraction of sp³-hybridized carbons (Fsp3) is 0.250. The molecule has 0 bridgehead atoms. The summed E-state index contributed by atoms with van der Waals surface area (Å²) in [7, 11) is 1.92. The Morgan fingerprint density at radius 3 is 2.88 bits per heavy atom. The van der Waals surface area contributed by atoms with Crippen LogP contribution in [0.1, 0.15) is 5.69 Å². The summed E-state index contributed by atoms with van der Waals surface area (Å²) in [5.74, 6) is -0.242. The van der Waals surface area contributed by atoms with Crippen molar-refractivity contribution in [2.24, 2.45) is 7.05 Å². The van der Waals surface area contributed by atoms with Gasteiger partial charge < -0.3 is 5.32 Å². The first kappa shape index (κ1) is 12.1. The summed E-state index contributed by atoms with van der Waals surface area (Å²) in [6.45, 7) is 0.782. The number of aromatic nitrogens is 2. The second-order valence-electron chi connectivity index (χ2n) is 3.75. The number of halogens is 2. The Kier molecular flexibility index (Phi) is 3.78. The highest BCUT2D eigenvalue weighted by Crippen LogP contribution is 2.22. The number of aryl methyl sites for hydroxylation is 1. The van der Waals surface area contributed by atoms with Crippen LogP contribution < -0.4 is 5.32 Å². The Balaban J connectivity index is 1.92. The molecule has 2 rings (SSSR count). The lowest BCUT2D eigenvalue weighted by molar-refractivity contribution is 0.627. The van der Waals surface area contributed by atoms with Crippen LogP contribution in [0.3, 0.4) is 0 Å². The molecular formula is C12H13BrFN3. The Morgan fingerprint density at radius 2 is 2.24 bits per heavy atom. The van der Waals surface area contributed by atoms with Crippen LogP contribution in [-0.4, -0.2) is 16.3 Å². The predicted octanol–water partition coefficient (Wildman–Crippen LogP) is 2.98. The molecule has 0 saturated carbocycles. The molecule has 0 unspecified atom stereocenters. The zero-order valence-electron chi connectivity index (χ0n) is 9.45. The van der Waals surface area contributed by atoms with Crippen LogP contribution >= 0.6 is 15.9 Å². The number of nitrogens with zero attached hydrogens (tertiary/aromatic N) is 2. The second kappa shape index (κ2) is 5.31. The van der Waals surface area contributed by atoms with E-state index in [1.165, 1.54) is 12.1 Å². The van der Waals surface area contributed by atoms with Crippen molar-refractivity contribution in [3.05, 3.63) is 46.4 Å². The second-order valence-corrected chi connectivity index (χ2v) is 4.60. The minimum Gasteiger partial charge on any atom is -0.384 e. The molecule has 0 fully saturated rings. The summed E-state index contributed by atoms with van der Waals surface area (Å²) in [5, 5.41) is 7.35. The van der Waals surface area contributed by atoms with Gasteiger partial charge in [-0.2, -0.15) is 5.10 Å². The van der Waals surface area contributed by atoms with Gasteiger partial charge in [-0.05, 0) is 40.2 Å². The van der Waals surface area contributed by atoms with Crippen molar-refractivity contribution in [1.82, 2.24) is 9.78 Å². The smallest absolute Gasteiger partial charge is 0.124 e. The Labute approximate surface area is 108 Å². The van der Waals surface area contributed by atoms with Crippen LogP contribution in [0.25, 0.3) is 0 Å². The number of anilines is 1. The Hall–Kier alpha value is -1.36. The molecule has 2 aromatic rings. The van der Waals surface area contributed by atoms with Gasteiger partial charge >= 0.3 is 0 Å². The highest BCUT2D eigenvalue weighted by Gasteiger charge is 2.02. The topological polar surface area (TPSA) is 29.9 Å². The molecule has 0 aliphatic heterocycles. The third-order valence-electron chi connectivity index (χ3n) is 2.55. The van der Waals surface area contributed by atoms with E-state index in [1.54, 1.807) is 12.3 Å². The zero-order valence-corrected chi connectivity index (χ0v) is 11.0. The maximum atomic E-state index is 12.9. The molecule has 0 radical (unpaired) electrons. The minimum atomic E-state index is -0.242. The van der Waals surface area contributed by atoms with Gasteiger partial charge in [0.25, 0.3) is 0 Å². The standard InChI is InChI=1S/C12H13BrFN3/c1-17-10(5-7-16-17)4-6-15-12-3-2-9(14)8-11(12)13/h2-3,5,7-8,15H,4,6H2,1H3. The summed E-state index contributed by atoms with van der Waals surface area (Å²) in [4.78, 5) is 0. The third kappa shape index (κ3) is 3.06. The molecule has 0 atom stereocenters. The van der Waals surface area contributed by atoms with Crippen molar-refractivity contribution in [3.63, 3.8) is 0 Å². The van der Waals surface area contributed by atoms with Crippen LogP contribution in [0.2, 0.25) is 0 Å². The van der Waals surface area contributed by atoms with Crippen LogP contribution in [0.5, 0.6) is 0 Å². The zero-order chi connectivity index (χ0) is 12.3. The van der Waals surface area contributed by atoms with Gasteiger partial charge in [-0.25, -0.2) is 4.39 Å². The van der Waals surface area contributed by atoms with E-state index < -0.39 is 0 Å². The van der Waals surface area contributed by atoms with E-state index in [1.807, 2.05) is 17.8 Å². The minimum absolute atomic E-state index is 0.242. The number of hydrogen-bond donors (Lipinski definition) is 1. The van der Waals surface area contributed by atoms with Gasteiger partial charge in [-0.1, -0.05) is 0 Å². The highest BCUT2D eigenvalue weighted by atomic mass is 79.9. The van der Waals surface area contributed by atoms with E-state index in [4.69, 9.17) is 0 Å². The van der Waals surface area contributed by atoms with E-state index in [0.29, 0.717) is 0 Å². The van der Waals surface area contributed by atoms with Crippen molar-refractivity contribution < 1.29 is 4.39 Å². The first-order valence-electron chi connectivity index (χ1n) is 5.32. The largest absolute Gasteiger partial charge is 0.384 e. The van der Waals surface area contributed by atoms with E-state index in [9.17, 15) is 4.39 Å². The van der Waals surface area contributed by atoms with Gasteiger partial charge in [0.15, 0.2) is 0 Å². The lowest BCUT2D eigenvalue weighted by Gasteiger charge is -2.08. The predicted molar refractivity (Wildman–Crippen MR) is 69.5 cm³/mol. The lowest BCUT2D eigenvalue weighted by atomic mass is 10.2. The number of rotatable bonds is 4. The SMILES string of the molecule is Cn1nccc1CCNc1ccc(F)cc1Br. The Morgan fingerprint density at radius 1 is 1.41 bits per heavy atom. The van der Waals surface area contributed by atoms with Gasteiger partial charge in [-0.3, -0.25) is 4.68 Å². The van der Waals surface area contributed by atoms with Crippen molar-refractivity contribution in [3.8, 4) is 0 Å². The molecule has 0 amide bonds. The molecule has 17 heavy (non-hydrogen) atoms. The van der Waals surface area contributed by atoms with Gasteiger partial charge in [0.1, 0.15) is 5.82 Å². The van der Waals surface area contributed by atoms with E-state index in [0.717, 1.165) is 28.8 Å². The molecule has 0 spiro atoms. The quantitative estimate of drug-likeness (QED) is 0.940. The summed E-state index contributed by atoms with van der Waals surface area (Å²) in [5.41, 5.74) is 2.06. The highest BCUT2D eigenvalue weighted by molar-refractivity contribution is 9.10. The fourth-order valence-electron chi connectivity index (χ4n) is 1.60. The molecule has 1 heterocycles. The first-order chi connectivity index (χ1) is 8.16. The van der Waals surface area contributed by atoms with Crippen LogP contribution in [0.4, 0.5) is 10.1 Å². The lowest BCUT2D eigenvalue weighted by Crippen LogP contribution is -2.08. The average molecular weight is 298 g/mol. The normalized spacial score (nSPS) is 10.5. The van der Waals surface area contributed by atoms with Gasteiger partial charge in [-0.15, -0.1) is 0 Å². The fourth-order valence-corrected chi connectivity index (χ4v) is 2.10. The molecule has 0 aliphatic rings. The molecule has 1 N–H and O–H groups in total. The van der Waals surface area contributed by atoms with Crippen LogP contribution in [0, 0.1) is 5.82 Å². The van der Waals surface area contributed by atoms with Crippen molar-refractivity contribution in [2.75, 3.05) is 11.9 Å². The maximum absolute atomic E-state index is 12.9. The molecule has 90 valence electrons. The monoisotopic (exact) mass is 297 g/mol. The molecule has 5 heteroatoms. The Bertz CT molecular complexity index is 510. The molecule has 3 nitrogen and oxygen atoms in total. The van der Waals surface area contributed by atoms with E-state index in [-0.39, 0.29) is 5.82 Å². The number of hydrogen-bond acceptors (Lipinski definition) is 2. The van der Waals surface area contributed by atoms with Crippen molar-refractivity contribution >= 4 is 21.6 Å². The van der Waals surface area contributed by atoms with Gasteiger partial charge in [0, 0.05) is 42.1 Å². The summed E-state index contributed by atoms with van der Waals surface area (Å²) in [6, 6.07) is 6.60. The van der Waals surface area contributed by atoms with E-state index in [2.05, 4.69) is 26.3 Å². The molecule has 1 aromatic carbocycles. The molecule has 1 aromatic heterocycles. The third-order valence-corrected chi connectivity index (χ3v) is 3.21. The summed E-state index contributed by atoms with van der Waals surface area (Å²) in [6.07, 6.45) is 2.66. The van der Waals surface area contributed by atoms with Crippen molar-refractivity contribution in [2.45, 2.75) is 6.42 Å². The number of benzene rings is 1. The van der Waals surface area contributed by atoms with E-state index >= 15 is 0 Å². The summed E-state index contributed by atoms with van der Waals surface area (Å²) >= 11 is 3.32. The first-order valence-corrected chi connectivity index (χ1v) is 6.12. The maximum Gasteiger partial charge on any atom is 0.124 e. The van der Waals surface area contributed by atoms with Crippen molar-refractivity contribution in [1.29, 1.82) is 0 Å². The molecular weight excluding hydrogens is 285 g/mol. The van der Waals surface area contributed by atoms with Crippen LogP contribution in [-0.2, 0) is 13.5 Å². The number of nitrogens with one attached hydrogen (secondary N) is 1. The van der Waals surface area contributed by atoms with Gasteiger partial charge in [0.2, 0.25) is 0 Å². The average Bonchev–Trinajstić information content (AvgIpc) is 2.68.